The summed E-state index contributed by atoms with van der Waals surface area (Å²) >= 11 is 0. The monoisotopic (exact) mass is 251 g/mol. The van der Waals surface area contributed by atoms with Crippen molar-refractivity contribution in [3.8, 4) is 0 Å². The van der Waals surface area contributed by atoms with Crippen LogP contribution in [0.1, 0.15) is 20.3 Å². The number of carboxylic acids is 1. The predicted molar refractivity (Wildman–Crippen MR) is 65.9 cm³/mol. The molecule has 0 radical (unpaired) electrons. The molecule has 0 atom stereocenters. The highest BCUT2D eigenvalue weighted by Gasteiger charge is 2.11. The van der Waals surface area contributed by atoms with Crippen molar-refractivity contribution in [2.75, 3.05) is 6.54 Å². The Balaban J connectivity index is 2.33. The van der Waals surface area contributed by atoms with Crippen molar-refractivity contribution in [1.82, 2.24) is 14.9 Å². The zero-order chi connectivity index (χ0) is 13.5. The first kappa shape index (κ1) is 14.0. The molecule has 98 valence electrons. The second-order valence-electron chi connectivity index (χ2n) is 3.97. The van der Waals surface area contributed by atoms with Gasteiger partial charge in [-0.2, -0.15) is 0 Å². The van der Waals surface area contributed by atoms with Gasteiger partial charge in [0, 0.05) is 36.6 Å². The van der Waals surface area contributed by atoms with Gasteiger partial charge in [-0.3, -0.25) is 4.79 Å². The molecule has 0 aromatic carbocycles. The first-order valence-electron chi connectivity index (χ1n) is 5.67. The van der Waals surface area contributed by atoms with Crippen LogP contribution in [-0.4, -0.2) is 33.1 Å². The number of carbonyl (C=O) groups is 2. The number of rotatable bonds is 6. The van der Waals surface area contributed by atoms with E-state index in [0.717, 1.165) is 13.0 Å². The van der Waals surface area contributed by atoms with Crippen LogP contribution in [0.15, 0.2) is 29.9 Å². The highest BCUT2D eigenvalue weighted by Crippen LogP contribution is 2.03. The van der Waals surface area contributed by atoms with Crippen LogP contribution in [0.4, 0.5) is 0 Å². The van der Waals surface area contributed by atoms with Gasteiger partial charge in [-0.05, 0) is 20.3 Å². The normalized spacial score (nSPS) is 11.9. The Morgan fingerprint density at radius 3 is 2.61 bits per heavy atom. The van der Waals surface area contributed by atoms with Crippen LogP contribution in [0.5, 0.6) is 0 Å². The first-order chi connectivity index (χ1) is 8.52. The van der Waals surface area contributed by atoms with Crippen molar-refractivity contribution in [3.63, 3.8) is 0 Å². The molecule has 0 unspecified atom stereocenters. The Labute approximate surface area is 105 Å². The minimum Gasteiger partial charge on any atom is -0.478 e. The van der Waals surface area contributed by atoms with E-state index in [4.69, 9.17) is 5.11 Å². The van der Waals surface area contributed by atoms with Crippen molar-refractivity contribution in [3.05, 3.63) is 29.9 Å². The van der Waals surface area contributed by atoms with Crippen LogP contribution in [0, 0.1) is 0 Å². The Hall–Kier alpha value is -2.11. The number of carbonyl (C=O) groups excluding carboxylic acids is 1. The third-order valence-corrected chi connectivity index (χ3v) is 2.66. The molecule has 0 bridgehead atoms. The maximum atomic E-state index is 11.6. The van der Waals surface area contributed by atoms with Crippen LogP contribution < -0.4 is 5.32 Å². The van der Waals surface area contributed by atoms with E-state index >= 15 is 0 Å². The Kier molecular flexibility index (Phi) is 5.10. The van der Waals surface area contributed by atoms with Crippen molar-refractivity contribution >= 4 is 11.9 Å². The summed E-state index contributed by atoms with van der Waals surface area (Å²) in [7, 11) is 0. The zero-order valence-corrected chi connectivity index (χ0v) is 10.5. The lowest BCUT2D eigenvalue weighted by atomic mass is 10.1. The second kappa shape index (κ2) is 6.58. The lowest BCUT2D eigenvalue weighted by molar-refractivity contribution is -0.133. The number of nitrogens with one attached hydrogen (secondary N) is 1. The standard InChI is InChI=1S/C12H17N3O3/c1-9(10(2)12(17)18)11(16)14-4-3-6-15-7-5-13-8-15/h5,7-8H,3-4,6H2,1-2H3,(H,14,16)(H,17,18). The molecule has 0 saturated heterocycles. The van der Waals surface area contributed by atoms with E-state index < -0.39 is 5.97 Å². The van der Waals surface area contributed by atoms with E-state index in [1.54, 1.807) is 12.5 Å². The van der Waals surface area contributed by atoms with Gasteiger partial charge in [-0.1, -0.05) is 0 Å². The summed E-state index contributed by atoms with van der Waals surface area (Å²) in [5.41, 5.74) is 0.312. The third-order valence-electron chi connectivity index (χ3n) is 2.66. The number of amides is 1. The minimum absolute atomic E-state index is 0.0714. The number of aryl methyl sites for hydroxylation is 1. The quantitative estimate of drug-likeness (QED) is 0.579. The van der Waals surface area contributed by atoms with E-state index in [1.165, 1.54) is 13.8 Å². The van der Waals surface area contributed by atoms with Gasteiger partial charge in [0.1, 0.15) is 0 Å². The molecule has 0 aliphatic heterocycles. The molecule has 18 heavy (non-hydrogen) atoms. The smallest absolute Gasteiger partial charge is 0.331 e. The summed E-state index contributed by atoms with van der Waals surface area (Å²) in [5, 5.41) is 11.4. The highest BCUT2D eigenvalue weighted by molar-refractivity contribution is 6.01. The summed E-state index contributed by atoms with van der Waals surface area (Å²) in [5.74, 6) is -1.40. The van der Waals surface area contributed by atoms with E-state index in [0.29, 0.717) is 6.54 Å². The van der Waals surface area contributed by atoms with E-state index in [9.17, 15) is 9.59 Å². The fourth-order valence-corrected chi connectivity index (χ4v) is 1.35. The van der Waals surface area contributed by atoms with Gasteiger partial charge in [-0.25, -0.2) is 9.78 Å². The molecular weight excluding hydrogens is 234 g/mol. The summed E-state index contributed by atoms with van der Waals surface area (Å²) in [4.78, 5) is 26.2. The zero-order valence-electron chi connectivity index (χ0n) is 10.5. The molecule has 1 rings (SSSR count). The number of hydrogen-bond acceptors (Lipinski definition) is 3. The fourth-order valence-electron chi connectivity index (χ4n) is 1.35. The molecule has 0 fully saturated rings. The minimum atomic E-state index is -1.07. The summed E-state index contributed by atoms with van der Waals surface area (Å²) < 4.78 is 1.91. The van der Waals surface area contributed by atoms with Crippen LogP contribution in [-0.2, 0) is 16.1 Å². The molecule has 1 aromatic heterocycles. The van der Waals surface area contributed by atoms with Crippen LogP contribution in [0.25, 0.3) is 0 Å². The molecular formula is C12H17N3O3. The van der Waals surface area contributed by atoms with Gasteiger partial charge < -0.3 is 15.0 Å². The Bertz CT molecular complexity index is 449. The second-order valence-corrected chi connectivity index (χ2v) is 3.97. The lowest BCUT2D eigenvalue weighted by Crippen LogP contribution is -2.27. The largest absolute Gasteiger partial charge is 0.478 e. The topological polar surface area (TPSA) is 84.2 Å². The van der Waals surface area contributed by atoms with Crippen LogP contribution in [0.3, 0.4) is 0 Å². The number of nitrogens with zero attached hydrogens (tertiary/aromatic N) is 2. The summed E-state index contributed by atoms with van der Waals surface area (Å²) in [6.45, 7) is 4.19. The van der Waals surface area contributed by atoms with Crippen molar-refractivity contribution < 1.29 is 14.7 Å². The van der Waals surface area contributed by atoms with Gasteiger partial charge in [0.25, 0.3) is 0 Å². The van der Waals surface area contributed by atoms with Gasteiger partial charge in [0.15, 0.2) is 0 Å². The molecule has 6 nitrogen and oxygen atoms in total. The van der Waals surface area contributed by atoms with Crippen LogP contribution >= 0.6 is 0 Å². The lowest BCUT2D eigenvalue weighted by Gasteiger charge is -2.07. The molecule has 1 heterocycles. The Morgan fingerprint density at radius 2 is 2.06 bits per heavy atom. The van der Waals surface area contributed by atoms with Crippen LogP contribution in [0.2, 0.25) is 0 Å². The molecule has 0 aliphatic carbocycles. The van der Waals surface area contributed by atoms with Gasteiger partial charge >= 0.3 is 5.97 Å². The molecule has 2 N–H and O–H groups in total. The number of carboxylic acid groups (broad SMARTS) is 1. The molecule has 0 spiro atoms. The van der Waals surface area contributed by atoms with Crippen molar-refractivity contribution in [2.45, 2.75) is 26.8 Å². The first-order valence-corrected chi connectivity index (χ1v) is 5.67. The van der Waals surface area contributed by atoms with Gasteiger partial charge in [-0.15, -0.1) is 0 Å². The molecule has 0 aliphatic rings. The number of aliphatic carboxylic acids is 1. The summed E-state index contributed by atoms with van der Waals surface area (Å²) in [6.07, 6.45) is 6.02. The average molecular weight is 251 g/mol. The maximum Gasteiger partial charge on any atom is 0.331 e. The predicted octanol–water partition coefficient (Wildman–Crippen LogP) is 0.810. The number of hydrogen-bond donors (Lipinski definition) is 2. The van der Waals surface area contributed by atoms with Gasteiger partial charge in [0.2, 0.25) is 5.91 Å². The van der Waals surface area contributed by atoms with Gasteiger partial charge in [0.05, 0.1) is 6.33 Å². The van der Waals surface area contributed by atoms with Crippen molar-refractivity contribution in [1.29, 1.82) is 0 Å². The molecule has 0 saturated carbocycles. The fraction of sp³-hybridized carbons (Fsp3) is 0.417. The number of aromatic nitrogens is 2. The van der Waals surface area contributed by atoms with Crippen molar-refractivity contribution in [2.24, 2.45) is 0 Å². The van der Waals surface area contributed by atoms with E-state index in [-0.39, 0.29) is 17.1 Å². The SMILES string of the molecule is CC(C(=O)O)=C(C)C(=O)NCCCn1ccnc1. The maximum absolute atomic E-state index is 11.6. The highest BCUT2D eigenvalue weighted by atomic mass is 16.4. The van der Waals surface area contributed by atoms with E-state index in [2.05, 4.69) is 10.3 Å². The number of imidazole rings is 1. The average Bonchev–Trinajstić information content (AvgIpc) is 2.85. The molecule has 1 amide bonds. The van der Waals surface area contributed by atoms with E-state index in [1.807, 2.05) is 10.8 Å². The Morgan fingerprint density at radius 1 is 1.33 bits per heavy atom. The molecule has 1 aromatic rings. The third kappa shape index (κ3) is 4.04. The molecule has 6 heteroatoms. The summed E-state index contributed by atoms with van der Waals surface area (Å²) in [6, 6.07) is 0.